The van der Waals surface area contributed by atoms with Gasteiger partial charge >= 0.3 is 0 Å². The third-order valence-corrected chi connectivity index (χ3v) is 6.32. The van der Waals surface area contributed by atoms with E-state index in [1.165, 1.54) is 18.2 Å². The fraction of sp³-hybridized carbons (Fsp3) is 0.182. The molecule has 1 atom stereocenters. The van der Waals surface area contributed by atoms with Crippen molar-refractivity contribution in [1.29, 1.82) is 0 Å². The molecule has 0 radical (unpaired) electrons. The summed E-state index contributed by atoms with van der Waals surface area (Å²) >= 11 is 0. The van der Waals surface area contributed by atoms with Crippen molar-refractivity contribution in [3.05, 3.63) is 82.9 Å². The molecule has 1 aliphatic heterocycles. The molecule has 0 aromatic heterocycles. The summed E-state index contributed by atoms with van der Waals surface area (Å²) in [5.74, 6) is -1.01. The van der Waals surface area contributed by atoms with Gasteiger partial charge in [0.2, 0.25) is 0 Å². The monoisotopic (exact) mass is 416 g/mol. The van der Waals surface area contributed by atoms with E-state index in [0.29, 0.717) is 16.7 Å². The lowest BCUT2D eigenvalue weighted by atomic mass is 9.98. The summed E-state index contributed by atoms with van der Waals surface area (Å²) in [6.07, 6.45) is -0.445. The van der Waals surface area contributed by atoms with E-state index in [-0.39, 0.29) is 22.6 Å². The second kappa shape index (κ2) is 7.24. The number of hydrogen-bond acceptors (Lipinski definition) is 4. The zero-order valence-corrected chi connectivity index (χ0v) is 16.6. The zero-order chi connectivity index (χ0) is 20.8. The highest BCUT2D eigenvalue weighted by atomic mass is 32.2. The third-order valence-electron chi connectivity index (χ3n) is 4.97. The Balaban J connectivity index is 1.77. The highest BCUT2D eigenvalue weighted by Gasteiger charge is 2.32. The van der Waals surface area contributed by atoms with Gasteiger partial charge in [-0.25, -0.2) is 8.78 Å². The minimum absolute atomic E-state index is 0.0156. The number of rotatable bonds is 4. The second-order valence-corrected chi connectivity index (χ2v) is 8.58. The summed E-state index contributed by atoms with van der Waals surface area (Å²) in [6, 6.07) is 13.8. The Morgan fingerprint density at radius 2 is 1.79 bits per heavy atom. The summed E-state index contributed by atoms with van der Waals surface area (Å²) in [5, 5.41) is 0. The average Bonchev–Trinajstić information content (AvgIpc) is 3.13. The molecule has 29 heavy (non-hydrogen) atoms. The molecule has 7 heteroatoms. The maximum atomic E-state index is 14.7. The lowest BCUT2D eigenvalue weighted by Gasteiger charge is -2.16. The van der Waals surface area contributed by atoms with Crippen molar-refractivity contribution in [3.8, 4) is 16.9 Å². The van der Waals surface area contributed by atoms with Crippen molar-refractivity contribution >= 4 is 10.1 Å². The molecule has 0 fully saturated rings. The zero-order valence-electron chi connectivity index (χ0n) is 15.8. The Labute approximate surface area is 167 Å². The topological polar surface area (TPSA) is 52.6 Å². The van der Waals surface area contributed by atoms with Crippen molar-refractivity contribution in [2.24, 2.45) is 0 Å². The van der Waals surface area contributed by atoms with Crippen LogP contribution in [0.25, 0.3) is 11.1 Å². The molecular formula is C22H18F2O4S. The normalized spacial score (nSPS) is 15.8. The number of benzene rings is 3. The molecule has 1 aliphatic rings. The van der Waals surface area contributed by atoms with Gasteiger partial charge in [0.1, 0.15) is 16.8 Å². The van der Waals surface area contributed by atoms with Gasteiger partial charge in [-0.1, -0.05) is 35.9 Å². The van der Waals surface area contributed by atoms with E-state index in [1.54, 1.807) is 36.4 Å². The predicted molar refractivity (Wildman–Crippen MR) is 104 cm³/mol. The number of ether oxygens (including phenoxy) is 1. The summed E-state index contributed by atoms with van der Waals surface area (Å²) in [4.78, 5) is -0.0156. The molecule has 0 spiro atoms. The van der Waals surface area contributed by atoms with Crippen molar-refractivity contribution in [2.75, 3.05) is 7.11 Å². The van der Waals surface area contributed by atoms with E-state index < -0.39 is 27.9 Å². The highest BCUT2D eigenvalue weighted by molar-refractivity contribution is 7.86. The smallest absolute Gasteiger partial charge is 0.297 e. The van der Waals surface area contributed by atoms with Crippen LogP contribution in [0.4, 0.5) is 8.78 Å². The predicted octanol–water partition coefficient (Wildman–Crippen LogP) is 4.95. The van der Waals surface area contributed by atoms with Crippen LogP contribution in [-0.2, 0) is 20.7 Å². The molecule has 4 nitrogen and oxygen atoms in total. The minimum Gasteiger partial charge on any atom is -0.482 e. The van der Waals surface area contributed by atoms with Gasteiger partial charge in [-0.2, -0.15) is 8.42 Å². The first kappa shape index (κ1) is 19.5. The quantitative estimate of drug-likeness (QED) is 0.565. The molecule has 0 bridgehead atoms. The molecule has 3 aromatic rings. The van der Waals surface area contributed by atoms with E-state index in [1.807, 2.05) is 6.92 Å². The lowest BCUT2D eigenvalue weighted by Crippen LogP contribution is -2.12. The van der Waals surface area contributed by atoms with Crippen LogP contribution in [0.2, 0.25) is 0 Å². The maximum absolute atomic E-state index is 14.7. The molecule has 1 unspecified atom stereocenters. The SMILES string of the molecule is COS(=O)(=O)c1ccc(C)cc1C1Cc2cc(-c3ccccc3F)cc(F)c2O1. The van der Waals surface area contributed by atoms with E-state index in [9.17, 15) is 17.2 Å². The van der Waals surface area contributed by atoms with Crippen molar-refractivity contribution in [1.82, 2.24) is 0 Å². The fourth-order valence-electron chi connectivity index (χ4n) is 3.58. The molecule has 150 valence electrons. The van der Waals surface area contributed by atoms with Gasteiger partial charge in [-0.3, -0.25) is 4.18 Å². The van der Waals surface area contributed by atoms with Gasteiger partial charge in [-0.15, -0.1) is 0 Å². The molecule has 3 aromatic carbocycles. The molecule has 0 N–H and O–H groups in total. The van der Waals surface area contributed by atoms with Crippen molar-refractivity contribution in [3.63, 3.8) is 0 Å². The Kier molecular flexibility index (Phi) is 4.88. The maximum Gasteiger partial charge on any atom is 0.297 e. The van der Waals surface area contributed by atoms with Crippen LogP contribution in [0.5, 0.6) is 5.75 Å². The number of halogens is 2. The van der Waals surface area contributed by atoms with Crippen LogP contribution in [0.1, 0.15) is 22.8 Å². The summed E-state index contributed by atoms with van der Waals surface area (Å²) in [6.45, 7) is 1.83. The first-order valence-electron chi connectivity index (χ1n) is 8.95. The van der Waals surface area contributed by atoms with Gasteiger partial charge in [0.05, 0.1) is 7.11 Å². The van der Waals surface area contributed by atoms with Crippen LogP contribution >= 0.6 is 0 Å². The van der Waals surface area contributed by atoms with Crippen LogP contribution in [0.3, 0.4) is 0 Å². The van der Waals surface area contributed by atoms with E-state index in [0.717, 1.165) is 12.7 Å². The van der Waals surface area contributed by atoms with Crippen molar-refractivity contribution < 1.29 is 26.1 Å². The molecule has 4 rings (SSSR count). The molecular weight excluding hydrogens is 398 g/mol. The van der Waals surface area contributed by atoms with E-state index in [2.05, 4.69) is 4.18 Å². The van der Waals surface area contributed by atoms with Gasteiger partial charge < -0.3 is 4.74 Å². The van der Waals surface area contributed by atoms with Gasteiger partial charge in [0.25, 0.3) is 10.1 Å². The fourth-order valence-corrected chi connectivity index (χ4v) is 4.47. The first-order chi connectivity index (χ1) is 13.8. The summed E-state index contributed by atoms with van der Waals surface area (Å²) in [5.41, 5.74) is 2.47. The molecule has 0 saturated heterocycles. The van der Waals surface area contributed by atoms with Crippen LogP contribution in [0, 0.1) is 18.6 Å². The third kappa shape index (κ3) is 3.52. The van der Waals surface area contributed by atoms with E-state index >= 15 is 0 Å². The minimum atomic E-state index is -3.96. The standard InChI is InChI=1S/C22H18F2O4S/c1-13-7-8-21(29(25,26)27-2)17(9-13)20-12-15-10-14(11-19(24)22(15)28-20)16-5-3-4-6-18(16)23/h3-11,20H,12H2,1-2H3. The second-order valence-electron chi connectivity index (χ2n) is 6.90. The number of hydrogen-bond donors (Lipinski definition) is 0. The Bertz CT molecular complexity index is 1210. The van der Waals surface area contributed by atoms with Gasteiger partial charge in [0.15, 0.2) is 11.6 Å². The Morgan fingerprint density at radius 1 is 1.03 bits per heavy atom. The van der Waals surface area contributed by atoms with Crippen LogP contribution in [-0.4, -0.2) is 15.5 Å². The molecule has 0 aliphatic carbocycles. The average molecular weight is 416 g/mol. The number of fused-ring (bicyclic) bond motifs is 1. The van der Waals surface area contributed by atoms with E-state index in [4.69, 9.17) is 4.74 Å². The van der Waals surface area contributed by atoms with Gasteiger partial charge in [-0.05, 0) is 36.8 Å². The molecule has 0 amide bonds. The first-order valence-corrected chi connectivity index (χ1v) is 10.4. The Morgan fingerprint density at radius 3 is 2.52 bits per heavy atom. The summed E-state index contributed by atoms with van der Waals surface area (Å²) in [7, 11) is -2.87. The van der Waals surface area contributed by atoms with Crippen molar-refractivity contribution in [2.45, 2.75) is 24.3 Å². The summed E-state index contributed by atoms with van der Waals surface area (Å²) < 4.78 is 64.0. The largest absolute Gasteiger partial charge is 0.482 e. The lowest BCUT2D eigenvalue weighted by molar-refractivity contribution is 0.225. The molecule has 0 saturated carbocycles. The highest BCUT2D eigenvalue weighted by Crippen LogP contribution is 2.43. The molecule has 1 heterocycles. The van der Waals surface area contributed by atoms with Crippen LogP contribution in [0.15, 0.2) is 59.5 Å². The van der Waals surface area contributed by atoms with Gasteiger partial charge in [0, 0.05) is 23.1 Å². The van der Waals surface area contributed by atoms with Crippen LogP contribution < -0.4 is 4.74 Å². The number of aryl methyl sites for hydroxylation is 1. The Hall–Kier alpha value is -2.77.